The van der Waals surface area contributed by atoms with Crippen LogP contribution in [0.15, 0.2) is 150 Å². The number of rotatable bonds is 3. The van der Waals surface area contributed by atoms with E-state index >= 15 is 0 Å². The topological polar surface area (TPSA) is 13.1 Å². The highest BCUT2D eigenvalue weighted by Gasteiger charge is 2.21. The lowest BCUT2D eigenvalue weighted by Gasteiger charge is -2.18. The molecule has 0 bridgehead atoms. The fraction of sp³-hybridized carbons (Fsp3) is 0. The summed E-state index contributed by atoms with van der Waals surface area (Å²) in [6.45, 7) is 0. The van der Waals surface area contributed by atoms with Crippen LogP contribution in [-0.4, -0.2) is 0 Å². The highest BCUT2D eigenvalue weighted by molar-refractivity contribution is 6.26. The van der Waals surface area contributed by atoms with Crippen molar-refractivity contribution in [2.75, 3.05) is 0 Å². The lowest BCUT2D eigenvalue weighted by Crippen LogP contribution is -1.91. The van der Waals surface area contributed by atoms with Crippen molar-refractivity contribution < 1.29 is 12.6 Å². The van der Waals surface area contributed by atoms with E-state index in [9.17, 15) is 1.37 Å². The molecule has 0 amide bonds. The summed E-state index contributed by atoms with van der Waals surface area (Å²) in [7, 11) is 0. The van der Waals surface area contributed by atoms with Crippen molar-refractivity contribution in [3.05, 3.63) is 145 Å². The fourth-order valence-corrected chi connectivity index (χ4v) is 5.83. The Morgan fingerprint density at radius 1 is 0.410 bits per heavy atom. The van der Waals surface area contributed by atoms with Gasteiger partial charge in [-0.25, -0.2) is 0 Å². The Kier molecular flexibility index (Phi) is 3.72. The highest BCUT2D eigenvalue weighted by atomic mass is 16.3. The first-order valence-corrected chi connectivity index (χ1v) is 12.9. The van der Waals surface area contributed by atoms with Gasteiger partial charge in [-0.05, 0) is 67.0 Å². The predicted octanol–water partition coefficient (Wildman–Crippen LogP) is 10.9. The van der Waals surface area contributed by atoms with Crippen molar-refractivity contribution in [3.8, 4) is 33.4 Å². The molecule has 0 unspecified atom stereocenters. The average Bonchev–Trinajstić information content (AvgIpc) is 3.47. The molecule has 7 aromatic carbocycles. The maximum absolute atomic E-state index is 9.38. The van der Waals surface area contributed by atoms with Gasteiger partial charge in [-0.3, -0.25) is 0 Å². The van der Waals surface area contributed by atoms with Crippen LogP contribution in [0, 0.1) is 0 Å². The largest absolute Gasteiger partial charge is 0.456 e. The van der Waals surface area contributed by atoms with Crippen LogP contribution < -0.4 is 0 Å². The Morgan fingerprint density at radius 3 is 1.41 bits per heavy atom. The van der Waals surface area contributed by atoms with E-state index in [1.54, 1.807) is 0 Å². The number of fused-ring (bicyclic) bond motifs is 5. The van der Waals surface area contributed by atoms with Crippen LogP contribution in [0.3, 0.4) is 0 Å². The van der Waals surface area contributed by atoms with Gasteiger partial charge < -0.3 is 4.42 Å². The minimum atomic E-state index is -0.290. The third-order valence-corrected chi connectivity index (χ3v) is 7.44. The molecular formula is C38H24O. The predicted molar refractivity (Wildman–Crippen MR) is 165 cm³/mol. The fourth-order valence-electron chi connectivity index (χ4n) is 5.83. The van der Waals surface area contributed by atoms with Gasteiger partial charge in [0.15, 0.2) is 0 Å². The molecule has 0 radical (unpaired) electrons. The SMILES string of the molecule is [2H]c1c([2H])c(-c2ccccc2)c2c(oc3c([2H])c([2H])c([2H])c(-c4c5ccccc5c(-c5ccccc5)c5ccccc45)c32)c1[2H]. The number of hydrogen-bond donors (Lipinski definition) is 0. The molecule has 0 saturated carbocycles. The van der Waals surface area contributed by atoms with Crippen LogP contribution in [0.4, 0.5) is 0 Å². The zero-order valence-electron chi connectivity index (χ0n) is 26.8. The van der Waals surface area contributed by atoms with Crippen molar-refractivity contribution in [2.24, 2.45) is 0 Å². The lowest BCUT2D eigenvalue weighted by molar-refractivity contribution is 0.669. The van der Waals surface area contributed by atoms with Crippen LogP contribution in [0.25, 0.3) is 76.9 Å². The summed E-state index contributed by atoms with van der Waals surface area (Å²) < 4.78 is 59.8. The summed E-state index contributed by atoms with van der Waals surface area (Å²) in [5.41, 5.74) is 4.44. The first-order chi connectivity index (χ1) is 21.9. The molecule has 8 aromatic rings. The summed E-state index contributed by atoms with van der Waals surface area (Å²) >= 11 is 0. The Labute approximate surface area is 235 Å². The van der Waals surface area contributed by atoms with Gasteiger partial charge in [0.25, 0.3) is 0 Å². The third-order valence-electron chi connectivity index (χ3n) is 7.44. The minimum absolute atomic E-state index is 0.0666. The first-order valence-electron chi connectivity index (χ1n) is 15.9. The second-order valence-electron chi connectivity index (χ2n) is 9.58. The Bertz CT molecular complexity index is 2430. The molecule has 1 heteroatoms. The molecule has 0 aliphatic heterocycles. The molecule has 0 aliphatic rings. The second-order valence-corrected chi connectivity index (χ2v) is 9.58. The molecule has 182 valence electrons. The Morgan fingerprint density at radius 2 is 0.846 bits per heavy atom. The summed E-state index contributed by atoms with van der Waals surface area (Å²) in [6, 6.07) is 34.1. The van der Waals surface area contributed by atoms with E-state index < -0.39 is 0 Å². The summed E-state index contributed by atoms with van der Waals surface area (Å²) in [4.78, 5) is 0. The van der Waals surface area contributed by atoms with Gasteiger partial charge >= 0.3 is 0 Å². The lowest BCUT2D eigenvalue weighted by atomic mass is 9.84. The van der Waals surface area contributed by atoms with Gasteiger partial charge in [0.1, 0.15) is 11.2 Å². The van der Waals surface area contributed by atoms with Gasteiger partial charge in [0, 0.05) is 10.8 Å². The molecule has 0 fully saturated rings. The molecule has 39 heavy (non-hydrogen) atoms. The van der Waals surface area contributed by atoms with Crippen LogP contribution in [0.2, 0.25) is 0 Å². The molecule has 0 N–H and O–H groups in total. The number of hydrogen-bond acceptors (Lipinski definition) is 1. The maximum atomic E-state index is 9.38. The van der Waals surface area contributed by atoms with Gasteiger partial charge in [-0.2, -0.15) is 0 Å². The second kappa shape index (κ2) is 8.72. The van der Waals surface area contributed by atoms with Crippen LogP contribution in [-0.2, 0) is 0 Å². The minimum Gasteiger partial charge on any atom is -0.456 e. The van der Waals surface area contributed by atoms with Crippen LogP contribution in [0.5, 0.6) is 0 Å². The van der Waals surface area contributed by atoms with E-state index in [0.717, 1.165) is 38.2 Å². The van der Waals surface area contributed by atoms with E-state index in [2.05, 4.69) is 24.3 Å². The van der Waals surface area contributed by atoms with Gasteiger partial charge in [-0.1, -0.05) is 133 Å². The molecule has 1 aromatic heterocycles. The smallest absolute Gasteiger partial charge is 0.136 e. The monoisotopic (exact) mass is 502 g/mol. The zero-order valence-corrected chi connectivity index (χ0v) is 20.8. The van der Waals surface area contributed by atoms with E-state index in [0.29, 0.717) is 27.5 Å². The van der Waals surface area contributed by atoms with E-state index in [4.69, 9.17) is 11.3 Å². The van der Waals surface area contributed by atoms with E-state index in [1.165, 1.54) is 0 Å². The molecule has 0 aliphatic carbocycles. The molecule has 1 nitrogen and oxygen atoms in total. The molecule has 1 heterocycles. The van der Waals surface area contributed by atoms with Crippen molar-refractivity contribution >= 4 is 43.5 Å². The molecular weight excluding hydrogens is 472 g/mol. The number of benzene rings is 7. The first kappa shape index (κ1) is 16.7. The molecule has 0 atom stereocenters. The summed E-state index contributed by atoms with van der Waals surface area (Å²) in [5.74, 6) is 0. The van der Waals surface area contributed by atoms with Crippen molar-refractivity contribution in [1.82, 2.24) is 0 Å². The van der Waals surface area contributed by atoms with E-state index in [1.807, 2.05) is 84.9 Å². The summed E-state index contributed by atoms with van der Waals surface area (Å²) in [6.07, 6.45) is 0. The zero-order chi connectivity index (χ0) is 31.0. The Hall–Kier alpha value is -5.14. The highest BCUT2D eigenvalue weighted by Crippen LogP contribution is 2.48. The quantitative estimate of drug-likeness (QED) is 0.219. The molecule has 8 rings (SSSR count). The van der Waals surface area contributed by atoms with Crippen LogP contribution in [0.1, 0.15) is 8.22 Å². The maximum Gasteiger partial charge on any atom is 0.136 e. The van der Waals surface area contributed by atoms with Crippen molar-refractivity contribution in [2.45, 2.75) is 0 Å². The van der Waals surface area contributed by atoms with Gasteiger partial charge in [-0.15, -0.1) is 0 Å². The van der Waals surface area contributed by atoms with Crippen molar-refractivity contribution in [1.29, 1.82) is 0 Å². The number of furan rings is 1. The van der Waals surface area contributed by atoms with Gasteiger partial charge in [0.2, 0.25) is 0 Å². The average molecular weight is 503 g/mol. The normalized spacial score (nSPS) is 13.7. The Balaban J connectivity index is 1.66. The van der Waals surface area contributed by atoms with Gasteiger partial charge in [0.05, 0.1) is 8.22 Å². The standard InChI is InChI=1S/C38H24O/c1-3-13-25(14-4-1)27-21-11-23-33-37(27)38-32(22-12-24-34(38)39-33)36-30-19-9-7-17-28(30)35(26-15-5-2-6-16-26)29-18-8-10-20-31(29)36/h1-24H/i11D,12D,21D,22D,23D,24D. The van der Waals surface area contributed by atoms with Crippen LogP contribution >= 0.6 is 0 Å². The summed E-state index contributed by atoms with van der Waals surface area (Å²) in [5, 5.41) is 4.48. The third kappa shape index (κ3) is 3.34. The van der Waals surface area contributed by atoms with Crippen molar-refractivity contribution in [3.63, 3.8) is 0 Å². The van der Waals surface area contributed by atoms with E-state index in [-0.39, 0.29) is 47.4 Å². The molecule has 0 spiro atoms. The molecule has 0 saturated heterocycles.